The molecule has 0 saturated carbocycles. The monoisotopic (exact) mass is 339 g/mol. The molecule has 0 unspecified atom stereocenters. The number of carbonyl (C=O) groups is 2. The van der Waals surface area contributed by atoms with Gasteiger partial charge >= 0.3 is 5.97 Å². The van der Waals surface area contributed by atoms with Gasteiger partial charge in [-0.15, -0.1) is 0 Å². The molecule has 0 bridgehead atoms. The van der Waals surface area contributed by atoms with Crippen LogP contribution < -0.4 is 5.32 Å². The van der Waals surface area contributed by atoms with Crippen molar-refractivity contribution in [3.63, 3.8) is 0 Å². The van der Waals surface area contributed by atoms with Gasteiger partial charge < -0.3 is 10.1 Å². The summed E-state index contributed by atoms with van der Waals surface area (Å²) < 4.78 is 5.19. The predicted molar refractivity (Wildman–Crippen MR) is 98.2 cm³/mol. The van der Waals surface area contributed by atoms with Gasteiger partial charge in [-0.05, 0) is 36.1 Å². The highest BCUT2D eigenvalue weighted by Crippen LogP contribution is 2.09. The predicted octanol–water partition coefficient (Wildman–Crippen LogP) is 3.89. The number of esters is 1. The highest BCUT2D eigenvalue weighted by Gasteiger charge is 2.08. The van der Waals surface area contributed by atoms with Crippen molar-refractivity contribution in [3.05, 3.63) is 71.3 Å². The molecule has 2 aromatic carbocycles. The molecule has 0 aliphatic carbocycles. The zero-order chi connectivity index (χ0) is 17.9. The summed E-state index contributed by atoms with van der Waals surface area (Å²) in [6.45, 7) is 2.67. The Hall–Kier alpha value is -2.62. The van der Waals surface area contributed by atoms with E-state index in [1.165, 1.54) is 0 Å². The fraction of sp³-hybridized carbons (Fsp3) is 0.333. The molecule has 1 N–H and O–H groups in total. The Morgan fingerprint density at radius 1 is 1.00 bits per heavy atom. The molecular weight excluding hydrogens is 314 g/mol. The minimum absolute atomic E-state index is 0.158. The van der Waals surface area contributed by atoms with Gasteiger partial charge in [0.15, 0.2) is 0 Å². The summed E-state index contributed by atoms with van der Waals surface area (Å²) in [5.74, 6) is -0.477. The number of aryl methyl sites for hydroxylation is 1. The number of ether oxygens (including phenoxy) is 1. The Morgan fingerprint density at radius 2 is 1.76 bits per heavy atom. The molecule has 0 heterocycles. The van der Waals surface area contributed by atoms with Crippen molar-refractivity contribution in [2.24, 2.45) is 0 Å². The van der Waals surface area contributed by atoms with Crippen LogP contribution in [0.2, 0.25) is 0 Å². The lowest BCUT2D eigenvalue weighted by Gasteiger charge is -2.08. The maximum atomic E-state index is 12.2. The molecule has 2 aromatic rings. The van der Waals surface area contributed by atoms with E-state index < -0.39 is 0 Å². The Morgan fingerprint density at radius 3 is 2.52 bits per heavy atom. The number of hydrogen-bond donors (Lipinski definition) is 1. The van der Waals surface area contributed by atoms with E-state index in [4.69, 9.17) is 4.74 Å². The third-order valence-electron chi connectivity index (χ3n) is 3.87. The van der Waals surface area contributed by atoms with Crippen LogP contribution in [-0.4, -0.2) is 18.4 Å². The quantitative estimate of drug-likeness (QED) is 0.705. The summed E-state index contributed by atoms with van der Waals surface area (Å²) in [4.78, 5) is 23.9. The zero-order valence-electron chi connectivity index (χ0n) is 14.7. The minimum atomic E-state index is -0.319. The van der Waals surface area contributed by atoms with Crippen LogP contribution in [-0.2, 0) is 22.6 Å². The molecule has 4 heteroatoms. The van der Waals surface area contributed by atoms with Gasteiger partial charge in [-0.25, -0.2) is 0 Å². The van der Waals surface area contributed by atoms with Crippen molar-refractivity contribution in [3.8, 4) is 0 Å². The molecule has 0 atom stereocenters. The summed E-state index contributed by atoms with van der Waals surface area (Å²) in [6.07, 6.45) is 3.37. The first-order chi connectivity index (χ1) is 12.2. The Kier molecular flexibility index (Phi) is 7.70. The van der Waals surface area contributed by atoms with Crippen molar-refractivity contribution in [2.75, 3.05) is 6.54 Å². The molecule has 0 aliphatic heterocycles. The van der Waals surface area contributed by atoms with E-state index in [1.54, 1.807) is 6.07 Å². The first kappa shape index (κ1) is 18.7. The van der Waals surface area contributed by atoms with Crippen LogP contribution in [0.4, 0.5) is 0 Å². The topological polar surface area (TPSA) is 55.4 Å². The lowest BCUT2D eigenvalue weighted by Crippen LogP contribution is -2.26. The van der Waals surface area contributed by atoms with Crippen molar-refractivity contribution < 1.29 is 14.3 Å². The Labute approximate surface area is 149 Å². The van der Waals surface area contributed by atoms with Crippen molar-refractivity contribution in [1.82, 2.24) is 5.32 Å². The van der Waals surface area contributed by atoms with E-state index in [9.17, 15) is 9.59 Å². The number of rotatable bonds is 9. The third-order valence-corrected chi connectivity index (χ3v) is 3.87. The van der Waals surface area contributed by atoms with Gasteiger partial charge in [0.1, 0.15) is 6.61 Å². The highest BCUT2D eigenvalue weighted by atomic mass is 16.5. The average Bonchev–Trinajstić information content (AvgIpc) is 2.65. The summed E-state index contributed by atoms with van der Waals surface area (Å²) in [5.41, 5.74) is 2.74. The molecule has 25 heavy (non-hydrogen) atoms. The van der Waals surface area contributed by atoms with Crippen LogP contribution in [0.25, 0.3) is 0 Å². The van der Waals surface area contributed by atoms with Crippen molar-refractivity contribution in [1.29, 1.82) is 0 Å². The summed E-state index contributed by atoms with van der Waals surface area (Å²) in [6, 6.07) is 17.2. The number of nitrogens with one attached hydrogen (secondary N) is 1. The van der Waals surface area contributed by atoms with Crippen LogP contribution >= 0.6 is 0 Å². The van der Waals surface area contributed by atoms with Gasteiger partial charge in [0.2, 0.25) is 0 Å². The van der Waals surface area contributed by atoms with Crippen LogP contribution in [0.1, 0.15) is 47.7 Å². The van der Waals surface area contributed by atoms with E-state index in [0.717, 1.165) is 30.4 Å². The first-order valence-electron chi connectivity index (χ1n) is 8.75. The van der Waals surface area contributed by atoms with Gasteiger partial charge in [0, 0.05) is 12.1 Å². The van der Waals surface area contributed by atoms with E-state index in [2.05, 4.69) is 12.2 Å². The molecule has 0 spiro atoms. The smallest absolute Gasteiger partial charge is 0.307 e. The second-order valence-corrected chi connectivity index (χ2v) is 5.96. The molecule has 132 valence electrons. The second kappa shape index (κ2) is 10.3. The molecule has 1 amide bonds. The largest absolute Gasteiger partial charge is 0.461 e. The lowest BCUT2D eigenvalue weighted by atomic mass is 10.1. The number of unbranched alkanes of at least 4 members (excludes halogenated alkanes) is 1. The van der Waals surface area contributed by atoms with E-state index >= 15 is 0 Å². The van der Waals surface area contributed by atoms with Gasteiger partial charge in [-0.2, -0.15) is 0 Å². The van der Waals surface area contributed by atoms with Gasteiger partial charge in [-0.1, -0.05) is 55.8 Å². The van der Waals surface area contributed by atoms with Crippen LogP contribution in [0.5, 0.6) is 0 Å². The van der Waals surface area contributed by atoms with Crippen molar-refractivity contribution >= 4 is 11.9 Å². The molecule has 0 fully saturated rings. The van der Waals surface area contributed by atoms with Gasteiger partial charge in [0.25, 0.3) is 5.91 Å². The molecular formula is C21H25NO3. The fourth-order valence-corrected chi connectivity index (χ4v) is 2.44. The van der Waals surface area contributed by atoms with E-state index in [0.29, 0.717) is 5.56 Å². The van der Waals surface area contributed by atoms with Gasteiger partial charge in [-0.3, -0.25) is 9.59 Å². The Balaban J connectivity index is 1.71. The normalized spacial score (nSPS) is 10.3. The SMILES string of the molecule is CCCCc1cccc(C(=O)NCCC(=O)OCc2ccccc2)c1. The number of amides is 1. The molecule has 0 saturated heterocycles. The molecule has 4 nitrogen and oxygen atoms in total. The van der Waals surface area contributed by atoms with E-state index in [-0.39, 0.29) is 31.4 Å². The van der Waals surface area contributed by atoms with Crippen molar-refractivity contribution in [2.45, 2.75) is 39.2 Å². The lowest BCUT2D eigenvalue weighted by molar-refractivity contribution is -0.144. The number of hydrogen-bond acceptors (Lipinski definition) is 3. The highest BCUT2D eigenvalue weighted by molar-refractivity contribution is 5.94. The number of carbonyl (C=O) groups excluding carboxylic acids is 2. The third kappa shape index (κ3) is 6.79. The molecule has 0 aromatic heterocycles. The standard InChI is InChI=1S/C21H25NO3/c1-2-3-8-17-11-7-12-19(15-17)21(24)22-14-13-20(23)25-16-18-9-5-4-6-10-18/h4-7,9-12,15H,2-3,8,13-14,16H2,1H3,(H,22,24). The van der Waals surface area contributed by atoms with Crippen LogP contribution in [0, 0.1) is 0 Å². The van der Waals surface area contributed by atoms with E-state index in [1.807, 2.05) is 48.5 Å². The second-order valence-electron chi connectivity index (χ2n) is 5.96. The average molecular weight is 339 g/mol. The maximum Gasteiger partial charge on any atom is 0.307 e. The fourth-order valence-electron chi connectivity index (χ4n) is 2.44. The number of benzene rings is 2. The maximum absolute atomic E-state index is 12.2. The molecule has 0 radical (unpaired) electrons. The summed E-state index contributed by atoms with van der Waals surface area (Å²) in [7, 11) is 0. The summed E-state index contributed by atoms with van der Waals surface area (Å²) >= 11 is 0. The summed E-state index contributed by atoms with van der Waals surface area (Å²) in [5, 5.41) is 2.77. The molecule has 2 rings (SSSR count). The van der Waals surface area contributed by atoms with Crippen LogP contribution in [0.15, 0.2) is 54.6 Å². The Bertz CT molecular complexity index is 683. The first-order valence-corrected chi connectivity index (χ1v) is 8.75. The van der Waals surface area contributed by atoms with Gasteiger partial charge in [0.05, 0.1) is 6.42 Å². The van der Waals surface area contributed by atoms with Crippen LogP contribution in [0.3, 0.4) is 0 Å². The zero-order valence-corrected chi connectivity index (χ0v) is 14.7. The molecule has 0 aliphatic rings. The minimum Gasteiger partial charge on any atom is -0.461 e.